The molecule has 3 aromatic rings. The van der Waals surface area contributed by atoms with E-state index in [1.807, 2.05) is 58.6 Å². The van der Waals surface area contributed by atoms with Gasteiger partial charge in [-0.15, -0.1) is 0 Å². The number of pyridine rings is 1. The summed E-state index contributed by atoms with van der Waals surface area (Å²) in [5, 5.41) is 14.9. The second-order valence-electron chi connectivity index (χ2n) is 14.0. The maximum Gasteiger partial charge on any atom is 0.498 e. The zero-order valence-corrected chi connectivity index (χ0v) is 29.0. The van der Waals surface area contributed by atoms with Crippen LogP contribution in [0.4, 0.5) is 5.82 Å². The summed E-state index contributed by atoms with van der Waals surface area (Å²) in [5.74, 6) is 1.22. The van der Waals surface area contributed by atoms with Crippen LogP contribution in [0.5, 0.6) is 5.75 Å². The lowest BCUT2D eigenvalue weighted by Gasteiger charge is -2.37. The third-order valence-corrected chi connectivity index (χ3v) is 11.9. The third-order valence-electron chi connectivity index (χ3n) is 10.0. The van der Waals surface area contributed by atoms with Crippen LogP contribution in [0.2, 0.25) is 0 Å². The van der Waals surface area contributed by atoms with Crippen molar-refractivity contribution >= 4 is 39.8 Å². The Morgan fingerprint density at radius 3 is 2.21 bits per heavy atom. The molecular weight excluding hydrogens is 619 g/mol. The molecule has 2 saturated heterocycles. The van der Waals surface area contributed by atoms with Gasteiger partial charge in [-0.3, -0.25) is 4.79 Å². The number of piperazine rings is 1. The number of carbonyl (C=O) groups is 1. The van der Waals surface area contributed by atoms with Crippen LogP contribution in [0.3, 0.4) is 0 Å². The molecule has 1 aliphatic carbocycles. The Kier molecular flexibility index (Phi) is 8.36. The first kappa shape index (κ1) is 33.3. The molecule has 3 aliphatic rings. The van der Waals surface area contributed by atoms with Crippen molar-refractivity contribution in [3.63, 3.8) is 0 Å². The average Bonchev–Trinajstić information content (AvgIpc) is 3.65. The van der Waals surface area contributed by atoms with E-state index in [2.05, 4.69) is 11.0 Å². The Morgan fingerprint density at radius 1 is 1.06 bits per heavy atom. The van der Waals surface area contributed by atoms with E-state index in [9.17, 15) is 18.5 Å². The zero-order chi connectivity index (χ0) is 33.9. The van der Waals surface area contributed by atoms with E-state index in [0.29, 0.717) is 61.6 Å². The number of hydrogen-bond acceptors (Lipinski definition) is 9. The Morgan fingerprint density at radius 2 is 1.68 bits per heavy atom. The summed E-state index contributed by atoms with van der Waals surface area (Å²) in [5.41, 5.74) is -0.478. The van der Waals surface area contributed by atoms with Gasteiger partial charge in [-0.1, -0.05) is 26.0 Å². The topological polar surface area (TPSA) is 130 Å². The molecule has 0 N–H and O–H groups in total. The fourth-order valence-corrected chi connectivity index (χ4v) is 7.91. The fraction of sp³-hybridized carbons (Fsp3) is 0.545. The van der Waals surface area contributed by atoms with Crippen molar-refractivity contribution in [2.45, 2.75) is 82.6 Å². The van der Waals surface area contributed by atoms with Crippen molar-refractivity contribution in [1.82, 2.24) is 18.8 Å². The molecule has 0 unspecified atom stereocenters. The number of ether oxygens (including phenoxy) is 1. The van der Waals surface area contributed by atoms with Crippen LogP contribution in [-0.2, 0) is 30.7 Å². The first-order valence-electron chi connectivity index (χ1n) is 16.1. The third kappa shape index (κ3) is 5.88. The van der Waals surface area contributed by atoms with Gasteiger partial charge in [0, 0.05) is 56.4 Å². The highest BCUT2D eigenvalue weighted by molar-refractivity contribution is 7.89. The molecule has 250 valence electrons. The van der Waals surface area contributed by atoms with Gasteiger partial charge in [-0.05, 0) is 64.3 Å². The molecule has 1 aromatic carbocycles. The molecule has 14 heteroatoms. The van der Waals surface area contributed by atoms with Gasteiger partial charge in [-0.25, -0.2) is 12.9 Å². The lowest BCUT2D eigenvalue weighted by Crippen LogP contribution is -2.50. The van der Waals surface area contributed by atoms with E-state index >= 15 is 0 Å². The molecular formula is C33H43BN6O6S. The molecule has 12 nitrogen and oxygen atoms in total. The first-order chi connectivity index (χ1) is 22.1. The van der Waals surface area contributed by atoms with Gasteiger partial charge in [-0.2, -0.15) is 14.7 Å². The lowest BCUT2D eigenvalue weighted by atomic mass is 9.80. The van der Waals surface area contributed by atoms with Gasteiger partial charge in [0.1, 0.15) is 17.1 Å². The predicted molar refractivity (Wildman–Crippen MR) is 178 cm³/mol. The summed E-state index contributed by atoms with van der Waals surface area (Å²) >= 11 is 0. The van der Waals surface area contributed by atoms with Crippen LogP contribution in [0.15, 0.2) is 47.5 Å². The highest BCUT2D eigenvalue weighted by atomic mass is 32.2. The summed E-state index contributed by atoms with van der Waals surface area (Å²) in [4.78, 5) is 16.7. The Hall–Kier alpha value is -3.64. The van der Waals surface area contributed by atoms with Crippen LogP contribution < -0.4 is 15.1 Å². The van der Waals surface area contributed by atoms with E-state index in [1.165, 1.54) is 4.31 Å². The maximum absolute atomic E-state index is 14.7. The SMILES string of the molecule is COc1ccc(CN(C2(C#N)CC2)S(=O)(=O)c2cc(N3CCN(C(=O)C(C)C)CC3)n3ncc(B4OC(C)(C)C(C)(C)O4)c3c2)cc1. The fourth-order valence-electron chi connectivity index (χ4n) is 6.14. The molecule has 0 radical (unpaired) electrons. The minimum Gasteiger partial charge on any atom is -0.497 e. The number of hydrogen-bond donors (Lipinski definition) is 0. The van der Waals surface area contributed by atoms with Crippen LogP contribution in [0.1, 0.15) is 59.9 Å². The van der Waals surface area contributed by atoms with Gasteiger partial charge in [0.2, 0.25) is 15.9 Å². The second-order valence-corrected chi connectivity index (χ2v) is 15.9. The highest BCUT2D eigenvalue weighted by Gasteiger charge is 2.55. The van der Waals surface area contributed by atoms with E-state index in [4.69, 9.17) is 19.1 Å². The van der Waals surface area contributed by atoms with Crippen LogP contribution >= 0.6 is 0 Å². The summed E-state index contributed by atoms with van der Waals surface area (Å²) in [7, 11) is -3.40. The molecule has 6 rings (SSSR count). The van der Waals surface area contributed by atoms with Crippen LogP contribution in [0, 0.1) is 17.2 Å². The normalized spacial score (nSPS) is 20.2. The molecule has 2 aliphatic heterocycles. The largest absolute Gasteiger partial charge is 0.498 e. The van der Waals surface area contributed by atoms with Gasteiger partial charge in [0.15, 0.2) is 0 Å². The molecule has 4 heterocycles. The number of aromatic nitrogens is 2. The molecule has 0 atom stereocenters. The first-order valence-corrected chi connectivity index (χ1v) is 17.5. The molecule has 1 saturated carbocycles. The maximum atomic E-state index is 14.7. The number of nitrogens with zero attached hydrogens (tertiary/aromatic N) is 6. The number of fused-ring (bicyclic) bond motifs is 1. The number of nitriles is 1. The quantitative estimate of drug-likeness (QED) is 0.317. The van der Waals surface area contributed by atoms with E-state index in [1.54, 1.807) is 42.1 Å². The van der Waals surface area contributed by atoms with Gasteiger partial charge >= 0.3 is 7.12 Å². The van der Waals surface area contributed by atoms with Crippen LogP contribution in [-0.4, -0.2) is 90.3 Å². The molecule has 0 bridgehead atoms. The monoisotopic (exact) mass is 662 g/mol. The van der Waals surface area contributed by atoms with Gasteiger partial charge in [0.25, 0.3) is 0 Å². The molecule has 2 aromatic heterocycles. The number of rotatable bonds is 9. The van der Waals surface area contributed by atoms with Crippen molar-refractivity contribution in [2.24, 2.45) is 5.92 Å². The van der Waals surface area contributed by atoms with Crippen molar-refractivity contribution in [1.29, 1.82) is 5.26 Å². The van der Waals surface area contributed by atoms with Crippen LogP contribution in [0.25, 0.3) is 5.52 Å². The molecule has 3 fully saturated rings. The number of sulfonamides is 1. The minimum atomic E-state index is -4.21. The summed E-state index contributed by atoms with van der Waals surface area (Å²) < 4.78 is 50.6. The molecule has 0 spiro atoms. The summed E-state index contributed by atoms with van der Waals surface area (Å²) in [6.45, 7) is 13.7. The van der Waals surface area contributed by atoms with E-state index < -0.39 is 33.9 Å². The second kappa shape index (κ2) is 11.8. The molecule has 1 amide bonds. The summed E-state index contributed by atoms with van der Waals surface area (Å²) in [6, 6.07) is 12.7. The Bertz CT molecular complexity index is 1810. The average molecular weight is 663 g/mol. The summed E-state index contributed by atoms with van der Waals surface area (Å²) in [6.07, 6.45) is 2.57. The smallest absolute Gasteiger partial charge is 0.497 e. The van der Waals surface area contributed by atoms with Gasteiger partial charge < -0.3 is 23.8 Å². The van der Waals surface area contributed by atoms with Crippen molar-refractivity contribution in [3.8, 4) is 11.8 Å². The van der Waals surface area contributed by atoms with Crippen molar-refractivity contribution in [2.75, 3.05) is 38.2 Å². The predicted octanol–water partition coefficient (Wildman–Crippen LogP) is 3.19. The van der Waals surface area contributed by atoms with Crippen molar-refractivity contribution < 1.29 is 27.3 Å². The Balaban J connectivity index is 1.45. The lowest BCUT2D eigenvalue weighted by molar-refractivity contribution is -0.134. The highest BCUT2D eigenvalue weighted by Crippen LogP contribution is 2.45. The van der Waals surface area contributed by atoms with Crippen molar-refractivity contribution in [3.05, 3.63) is 48.2 Å². The van der Waals surface area contributed by atoms with E-state index in [0.717, 1.165) is 5.56 Å². The minimum absolute atomic E-state index is 0.0275. The number of anilines is 1. The number of amides is 1. The van der Waals surface area contributed by atoms with E-state index in [-0.39, 0.29) is 23.3 Å². The zero-order valence-electron chi connectivity index (χ0n) is 28.2. The number of methoxy groups -OCH3 is 1. The van der Waals surface area contributed by atoms with Gasteiger partial charge in [0.05, 0.1) is 34.8 Å². The number of carbonyl (C=O) groups excluding carboxylic acids is 1. The standard InChI is InChI=1S/C33H43BN6O6S/c1-23(2)30(41)38-16-14-37(15-17-38)29-19-26(18-28-27(20-36-40(28)29)34-45-31(3,4)32(5,6)46-34)47(42,43)39(33(22-35)12-13-33)21-24-8-10-25(44-7)11-9-24/h8-11,18-20,23H,12-17,21H2,1-7H3. The Labute approximate surface area is 277 Å². The number of benzene rings is 1. The molecule has 47 heavy (non-hydrogen) atoms.